The Labute approximate surface area is 137 Å². The number of hydrogen-bond donors (Lipinski definition) is 3. The van der Waals surface area contributed by atoms with Crippen LogP contribution >= 0.6 is 11.6 Å². The molecule has 3 N–H and O–H groups in total. The van der Waals surface area contributed by atoms with Gasteiger partial charge in [-0.2, -0.15) is 0 Å². The second kappa shape index (κ2) is 6.18. The number of halogens is 1. The maximum absolute atomic E-state index is 12.1. The van der Waals surface area contributed by atoms with Gasteiger partial charge in [-0.1, -0.05) is 23.7 Å². The minimum atomic E-state index is -0.571. The Morgan fingerprint density at radius 3 is 2.78 bits per heavy atom. The number of ether oxygens (including phenoxy) is 1. The van der Waals surface area contributed by atoms with Crippen molar-refractivity contribution in [3.8, 4) is 5.75 Å². The molecule has 1 aliphatic heterocycles. The fourth-order valence-corrected chi connectivity index (χ4v) is 2.37. The number of benzene rings is 2. The number of carbonyl (C=O) groups excluding carboxylic acids is 2. The van der Waals surface area contributed by atoms with E-state index < -0.39 is 12.1 Å². The van der Waals surface area contributed by atoms with Gasteiger partial charge in [0.15, 0.2) is 6.10 Å². The Hall–Kier alpha value is -2.73. The van der Waals surface area contributed by atoms with Crippen LogP contribution in [0.1, 0.15) is 6.92 Å². The van der Waals surface area contributed by atoms with Gasteiger partial charge in [0.1, 0.15) is 11.4 Å². The van der Waals surface area contributed by atoms with Crippen LogP contribution in [0, 0.1) is 0 Å². The first-order valence-corrected chi connectivity index (χ1v) is 7.35. The second-order valence-corrected chi connectivity index (χ2v) is 5.45. The highest BCUT2D eigenvalue weighted by Crippen LogP contribution is 2.36. The molecule has 7 heteroatoms. The van der Waals surface area contributed by atoms with Gasteiger partial charge in [-0.05, 0) is 37.3 Å². The van der Waals surface area contributed by atoms with E-state index in [9.17, 15) is 9.59 Å². The van der Waals surface area contributed by atoms with Gasteiger partial charge in [-0.3, -0.25) is 4.79 Å². The topological polar surface area (TPSA) is 79.5 Å². The molecule has 0 bridgehead atoms. The Morgan fingerprint density at radius 1 is 1.22 bits per heavy atom. The minimum absolute atomic E-state index is 0.262. The zero-order valence-electron chi connectivity index (χ0n) is 12.2. The molecular weight excluding hydrogens is 318 g/mol. The molecule has 0 aromatic heterocycles. The van der Waals surface area contributed by atoms with Crippen molar-refractivity contribution in [1.82, 2.24) is 0 Å². The van der Waals surface area contributed by atoms with Crippen LogP contribution in [0.15, 0.2) is 42.5 Å². The summed E-state index contributed by atoms with van der Waals surface area (Å²) in [5.41, 5.74) is 1.45. The third kappa shape index (κ3) is 3.37. The van der Waals surface area contributed by atoms with Crippen molar-refractivity contribution in [3.63, 3.8) is 0 Å². The average Bonchev–Trinajstić information content (AvgIpc) is 2.49. The summed E-state index contributed by atoms with van der Waals surface area (Å²) in [5, 5.41) is 8.61. The van der Waals surface area contributed by atoms with Gasteiger partial charge in [0.2, 0.25) is 0 Å². The van der Waals surface area contributed by atoms with Crippen LogP contribution in [0.4, 0.5) is 21.9 Å². The van der Waals surface area contributed by atoms with Crippen LogP contribution in [-0.2, 0) is 4.79 Å². The van der Waals surface area contributed by atoms with Gasteiger partial charge in [0.25, 0.3) is 5.91 Å². The molecule has 0 saturated heterocycles. The van der Waals surface area contributed by atoms with Crippen molar-refractivity contribution in [2.45, 2.75) is 13.0 Å². The predicted octanol–water partition coefficient (Wildman–Crippen LogP) is 3.70. The van der Waals surface area contributed by atoms with E-state index in [1.54, 1.807) is 49.4 Å². The molecular formula is C16H14ClN3O3. The SMILES string of the molecule is CC1Oc2cccc(NC(=O)Nc3cccc(Cl)c3)c2NC1=O. The standard InChI is InChI=1S/C16H14ClN3O3/c1-9-15(21)20-14-12(6-3-7-13(14)23-9)19-16(22)18-11-5-2-4-10(17)8-11/h2-9H,1H3,(H,20,21)(H2,18,19,22). The lowest BCUT2D eigenvalue weighted by Gasteiger charge is -2.25. The second-order valence-electron chi connectivity index (χ2n) is 5.02. The summed E-state index contributed by atoms with van der Waals surface area (Å²) in [6, 6.07) is 11.5. The molecule has 23 heavy (non-hydrogen) atoms. The first kappa shape index (κ1) is 15.2. The van der Waals surface area contributed by atoms with Gasteiger partial charge >= 0.3 is 6.03 Å². The van der Waals surface area contributed by atoms with E-state index in [0.717, 1.165) is 0 Å². The number of rotatable bonds is 2. The molecule has 0 fully saturated rings. The van der Waals surface area contributed by atoms with E-state index in [1.807, 2.05) is 0 Å². The number of amides is 3. The lowest BCUT2D eigenvalue weighted by atomic mass is 10.2. The fraction of sp³-hybridized carbons (Fsp3) is 0.125. The molecule has 3 rings (SSSR count). The highest BCUT2D eigenvalue weighted by molar-refractivity contribution is 6.30. The lowest BCUT2D eigenvalue weighted by molar-refractivity contribution is -0.122. The summed E-state index contributed by atoms with van der Waals surface area (Å²) in [7, 11) is 0. The molecule has 6 nitrogen and oxygen atoms in total. The lowest BCUT2D eigenvalue weighted by Crippen LogP contribution is -2.35. The number of carbonyl (C=O) groups is 2. The van der Waals surface area contributed by atoms with Crippen LogP contribution in [0.25, 0.3) is 0 Å². The van der Waals surface area contributed by atoms with Crippen molar-refractivity contribution in [1.29, 1.82) is 0 Å². The molecule has 1 unspecified atom stereocenters. The highest BCUT2D eigenvalue weighted by Gasteiger charge is 2.25. The maximum atomic E-state index is 12.1. The Balaban J connectivity index is 1.77. The summed E-state index contributed by atoms with van der Waals surface area (Å²) in [6.07, 6.45) is -0.571. The van der Waals surface area contributed by atoms with Gasteiger partial charge in [-0.25, -0.2) is 4.79 Å². The van der Waals surface area contributed by atoms with Crippen LogP contribution < -0.4 is 20.7 Å². The fourth-order valence-electron chi connectivity index (χ4n) is 2.18. The molecule has 1 aliphatic rings. The number of urea groups is 1. The van der Waals surface area contributed by atoms with Crippen molar-refractivity contribution in [2.24, 2.45) is 0 Å². The molecule has 0 aliphatic carbocycles. The largest absolute Gasteiger partial charge is 0.479 e. The van der Waals surface area contributed by atoms with Crippen LogP contribution in [0.3, 0.4) is 0 Å². The normalized spacial score (nSPS) is 15.9. The third-order valence-corrected chi connectivity index (χ3v) is 3.51. The van der Waals surface area contributed by atoms with E-state index in [0.29, 0.717) is 27.8 Å². The van der Waals surface area contributed by atoms with Gasteiger partial charge in [-0.15, -0.1) is 0 Å². The van der Waals surface area contributed by atoms with Gasteiger partial charge < -0.3 is 20.7 Å². The number of anilines is 3. The molecule has 1 atom stereocenters. The monoisotopic (exact) mass is 331 g/mol. The molecule has 0 radical (unpaired) electrons. The smallest absolute Gasteiger partial charge is 0.323 e. The summed E-state index contributed by atoms with van der Waals surface area (Å²) in [4.78, 5) is 23.9. The summed E-state index contributed by atoms with van der Waals surface area (Å²) >= 11 is 5.88. The zero-order valence-corrected chi connectivity index (χ0v) is 13.0. The quantitative estimate of drug-likeness (QED) is 0.785. The molecule has 0 spiro atoms. The number of hydrogen-bond acceptors (Lipinski definition) is 3. The minimum Gasteiger partial charge on any atom is -0.479 e. The van der Waals surface area contributed by atoms with E-state index in [4.69, 9.17) is 16.3 Å². The van der Waals surface area contributed by atoms with E-state index in [-0.39, 0.29) is 5.91 Å². The summed E-state index contributed by atoms with van der Waals surface area (Å²) < 4.78 is 5.50. The molecule has 2 aromatic carbocycles. The number of nitrogens with one attached hydrogen (secondary N) is 3. The molecule has 0 saturated carbocycles. The van der Waals surface area contributed by atoms with Crippen LogP contribution in [-0.4, -0.2) is 18.0 Å². The molecule has 1 heterocycles. The van der Waals surface area contributed by atoms with Gasteiger partial charge in [0, 0.05) is 10.7 Å². The predicted molar refractivity (Wildman–Crippen MR) is 89.3 cm³/mol. The van der Waals surface area contributed by atoms with E-state index >= 15 is 0 Å². The summed E-state index contributed by atoms with van der Waals surface area (Å²) in [6.45, 7) is 1.66. The van der Waals surface area contributed by atoms with Crippen molar-refractivity contribution < 1.29 is 14.3 Å². The van der Waals surface area contributed by atoms with Gasteiger partial charge in [0.05, 0.1) is 5.69 Å². The maximum Gasteiger partial charge on any atom is 0.323 e. The third-order valence-electron chi connectivity index (χ3n) is 3.28. The van der Waals surface area contributed by atoms with Crippen molar-refractivity contribution in [3.05, 3.63) is 47.5 Å². The number of para-hydroxylation sites is 1. The Kier molecular flexibility index (Phi) is 4.08. The van der Waals surface area contributed by atoms with E-state index in [2.05, 4.69) is 16.0 Å². The van der Waals surface area contributed by atoms with E-state index in [1.165, 1.54) is 0 Å². The van der Waals surface area contributed by atoms with Crippen LogP contribution in [0.5, 0.6) is 5.75 Å². The zero-order chi connectivity index (χ0) is 16.4. The molecule has 118 valence electrons. The highest BCUT2D eigenvalue weighted by atomic mass is 35.5. The Bertz CT molecular complexity index is 779. The first-order chi connectivity index (χ1) is 11.0. The average molecular weight is 332 g/mol. The Morgan fingerprint density at radius 2 is 2.00 bits per heavy atom. The number of fused-ring (bicyclic) bond motifs is 1. The first-order valence-electron chi connectivity index (χ1n) is 6.97. The molecule has 3 amide bonds. The van der Waals surface area contributed by atoms with Crippen molar-refractivity contribution >= 4 is 40.6 Å². The summed E-state index contributed by atoms with van der Waals surface area (Å²) in [5.74, 6) is 0.250. The van der Waals surface area contributed by atoms with Crippen LogP contribution in [0.2, 0.25) is 5.02 Å². The van der Waals surface area contributed by atoms with Crippen molar-refractivity contribution in [2.75, 3.05) is 16.0 Å². The molecule has 2 aromatic rings.